The molecular formula is C7H5Br2FO2S. The first-order chi connectivity index (χ1) is 5.93. The van der Waals surface area contributed by atoms with Gasteiger partial charge in [-0.05, 0) is 23.8 Å². The summed E-state index contributed by atoms with van der Waals surface area (Å²) in [5, 5.41) is 0.481. The maximum absolute atomic E-state index is 12.6. The minimum atomic E-state index is -4.61. The predicted molar refractivity (Wildman–Crippen MR) is 55.1 cm³/mol. The van der Waals surface area contributed by atoms with Crippen LogP contribution in [0.5, 0.6) is 0 Å². The Kier molecular flexibility index (Phi) is 3.48. The Hall–Kier alpha value is 0.0600. The number of halogens is 3. The second-order valence-corrected chi connectivity index (χ2v) is 5.19. The van der Waals surface area contributed by atoms with Crippen molar-refractivity contribution >= 4 is 42.1 Å². The van der Waals surface area contributed by atoms with Crippen molar-refractivity contribution in [1.29, 1.82) is 0 Å². The smallest absolute Gasteiger partial charge is 0.189 e. The van der Waals surface area contributed by atoms with E-state index in [1.54, 1.807) is 6.07 Å². The van der Waals surface area contributed by atoms with Gasteiger partial charge in [0.2, 0.25) is 0 Å². The van der Waals surface area contributed by atoms with E-state index in [4.69, 9.17) is 0 Å². The van der Waals surface area contributed by atoms with Gasteiger partial charge in [0.25, 0.3) is 0 Å². The number of rotatable bonds is 2. The first-order valence-electron chi connectivity index (χ1n) is 3.23. The lowest BCUT2D eigenvalue weighted by molar-refractivity contribution is 0.552. The van der Waals surface area contributed by atoms with Crippen LogP contribution in [0.1, 0.15) is 5.56 Å². The van der Waals surface area contributed by atoms with Gasteiger partial charge in [-0.3, -0.25) is 0 Å². The van der Waals surface area contributed by atoms with Gasteiger partial charge in [-0.2, -0.15) is 8.42 Å². The molecule has 0 bridgehead atoms. The topological polar surface area (TPSA) is 34.1 Å². The molecule has 0 atom stereocenters. The van der Waals surface area contributed by atoms with E-state index in [9.17, 15) is 12.3 Å². The van der Waals surface area contributed by atoms with Gasteiger partial charge in [0.15, 0.2) is 0 Å². The first-order valence-corrected chi connectivity index (χ1v) is 6.53. The fourth-order valence-corrected chi connectivity index (χ4v) is 2.41. The van der Waals surface area contributed by atoms with E-state index >= 15 is 0 Å². The van der Waals surface area contributed by atoms with Crippen molar-refractivity contribution < 1.29 is 12.3 Å². The first kappa shape index (κ1) is 11.1. The number of benzene rings is 1. The lowest BCUT2D eigenvalue weighted by Gasteiger charge is -2.00. The van der Waals surface area contributed by atoms with E-state index < -0.39 is 10.2 Å². The van der Waals surface area contributed by atoms with Crippen molar-refractivity contribution in [1.82, 2.24) is 0 Å². The molecule has 1 aromatic rings. The number of hydrogen-bond acceptors (Lipinski definition) is 2. The van der Waals surface area contributed by atoms with Gasteiger partial charge in [-0.25, -0.2) is 0 Å². The molecule has 0 saturated heterocycles. The van der Waals surface area contributed by atoms with E-state index in [1.165, 1.54) is 12.1 Å². The van der Waals surface area contributed by atoms with Crippen molar-refractivity contribution in [2.75, 3.05) is 0 Å². The third kappa shape index (κ3) is 3.03. The molecule has 0 aromatic heterocycles. The molecule has 0 spiro atoms. The standard InChI is InChI=1S/C7H5Br2FO2S/c8-4-5-1-6(9)3-7(2-5)13(10,11)12/h1-3H,4H2. The van der Waals surface area contributed by atoms with Gasteiger partial charge in [0.05, 0.1) is 4.90 Å². The van der Waals surface area contributed by atoms with Gasteiger partial charge in [0.1, 0.15) is 0 Å². The maximum Gasteiger partial charge on any atom is 0.332 e. The molecule has 2 nitrogen and oxygen atoms in total. The quantitative estimate of drug-likeness (QED) is 0.616. The third-order valence-electron chi connectivity index (χ3n) is 1.37. The molecule has 0 fully saturated rings. The fraction of sp³-hybridized carbons (Fsp3) is 0.143. The Labute approximate surface area is 92.6 Å². The minimum Gasteiger partial charge on any atom is -0.189 e. The van der Waals surface area contributed by atoms with Crippen LogP contribution in [0.25, 0.3) is 0 Å². The summed E-state index contributed by atoms with van der Waals surface area (Å²) in [7, 11) is -4.61. The molecule has 1 rings (SSSR count). The lowest BCUT2D eigenvalue weighted by atomic mass is 10.2. The Morgan fingerprint density at radius 2 is 1.92 bits per heavy atom. The lowest BCUT2D eigenvalue weighted by Crippen LogP contribution is -1.93. The molecule has 0 saturated carbocycles. The number of alkyl halides is 1. The Bertz CT molecular complexity index is 417. The van der Waals surface area contributed by atoms with E-state index in [0.717, 1.165) is 0 Å². The van der Waals surface area contributed by atoms with Crippen molar-refractivity contribution in [2.45, 2.75) is 10.2 Å². The van der Waals surface area contributed by atoms with Crippen LogP contribution in [0.3, 0.4) is 0 Å². The average molecular weight is 332 g/mol. The molecule has 0 aliphatic carbocycles. The van der Waals surface area contributed by atoms with Gasteiger partial charge in [-0.1, -0.05) is 31.9 Å². The Morgan fingerprint density at radius 3 is 2.38 bits per heavy atom. The summed E-state index contributed by atoms with van der Waals surface area (Å²) in [4.78, 5) is -0.323. The second kappa shape index (κ2) is 4.06. The molecule has 0 unspecified atom stereocenters. The third-order valence-corrected chi connectivity index (χ3v) is 3.27. The summed E-state index contributed by atoms with van der Waals surface area (Å²) in [6.07, 6.45) is 0. The molecule has 72 valence electrons. The number of hydrogen-bond donors (Lipinski definition) is 0. The average Bonchev–Trinajstić information content (AvgIpc) is 2.01. The van der Waals surface area contributed by atoms with Gasteiger partial charge >= 0.3 is 10.2 Å². The highest BCUT2D eigenvalue weighted by Crippen LogP contribution is 2.22. The van der Waals surface area contributed by atoms with Crippen LogP contribution in [-0.4, -0.2) is 8.42 Å². The summed E-state index contributed by atoms with van der Waals surface area (Å²) >= 11 is 6.25. The van der Waals surface area contributed by atoms with Crippen LogP contribution in [-0.2, 0) is 15.6 Å². The van der Waals surface area contributed by atoms with Crippen LogP contribution in [0.2, 0.25) is 0 Å². The molecule has 0 N–H and O–H groups in total. The normalized spacial score (nSPS) is 11.6. The summed E-state index contributed by atoms with van der Waals surface area (Å²) in [5.74, 6) is 0. The summed E-state index contributed by atoms with van der Waals surface area (Å²) in [6.45, 7) is 0. The van der Waals surface area contributed by atoms with Crippen LogP contribution in [0.15, 0.2) is 27.6 Å². The zero-order valence-electron chi connectivity index (χ0n) is 6.30. The van der Waals surface area contributed by atoms with Crippen molar-refractivity contribution in [3.63, 3.8) is 0 Å². The van der Waals surface area contributed by atoms with Crippen LogP contribution < -0.4 is 0 Å². The van der Waals surface area contributed by atoms with E-state index in [-0.39, 0.29) is 4.90 Å². The van der Waals surface area contributed by atoms with E-state index in [2.05, 4.69) is 31.9 Å². The molecule has 1 aromatic carbocycles. The van der Waals surface area contributed by atoms with Gasteiger partial charge in [0, 0.05) is 9.80 Å². The molecule has 0 amide bonds. The van der Waals surface area contributed by atoms with Crippen molar-refractivity contribution in [3.05, 3.63) is 28.2 Å². The molecule has 0 radical (unpaired) electrons. The molecule has 13 heavy (non-hydrogen) atoms. The predicted octanol–water partition coefficient (Wildman–Crippen LogP) is 3.00. The molecular weight excluding hydrogens is 327 g/mol. The molecule has 6 heteroatoms. The van der Waals surface area contributed by atoms with Crippen molar-refractivity contribution in [2.24, 2.45) is 0 Å². The van der Waals surface area contributed by atoms with Crippen LogP contribution in [0.4, 0.5) is 3.89 Å². The summed E-state index contributed by atoms with van der Waals surface area (Å²) < 4.78 is 34.2. The monoisotopic (exact) mass is 330 g/mol. The van der Waals surface area contributed by atoms with Crippen LogP contribution in [0, 0.1) is 0 Å². The maximum atomic E-state index is 12.6. The summed E-state index contributed by atoms with van der Waals surface area (Å²) in [5.41, 5.74) is 0.700. The second-order valence-electron chi connectivity index (χ2n) is 2.37. The zero-order chi connectivity index (χ0) is 10.1. The summed E-state index contributed by atoms with van der Waals surface area (Å²) in [6, 6.07) is 4.22. The highest BCUT2D eigenvalue weighted by Gasteiger charge is 2.13. The van der Waals surface area contributed by atoms with Crippen molar-refractivity contribution in [3.8, 4) is 0 Å². The molecule has 0 heterocycles. The van der Waals surface area contributed by atoms with E-state index in [1.807, 2.05) is 0 Å². The Balaban J connectivity index is 3.33. The fourth-order valence-electron chi connectivity index (χ4n) is 0.839. The SMILES string of the molecule is O=S(=O)(F)c1cc(Br)cc(CBr)c1. The Morgan fingerprint density at radius 1 is 1.31 bits per heavy atom. The highest BCUT2D eigenvalue weighted by molar-refractivity contribution is 9.10. The van der Waals surface area contributed by atoms with E-state index in [0.29, 0.717) is 15.4 Å². The minimum absolute atomic E-state index is 0.323. The largest absolute Gasteiger partial charge is 0.332 e. The zero-order valence-corrected chi connectivity index (χ0v) is 10.3. The molecule has 0 aliphatic rings. The van der Waals surface area contributed by atoms with Gasteiger partial charge < -0.3 is 0 Å². The van der Waals surface area contributed by atoms with Crippen LogP contribution >= 0.6 is 31.9 Å². The van der Waals surface area contributed by atoms with Gasteiger partial charge in [-0.15, -0.1) is 3.89 Å². The highest BCUT2D eigenvalue weighted by atomic mass is 79.9. The molecule has 0 aliphatic heterocycles.